The van der Waals surface area contributed by atoms with Crippen LogP contribution < -0.4 is 10.1 Å². The third kappa shape index (κ3) is 4.18. The lowest BCUT2D eigenvalue weighted by atomic mass is 9.98. The van der Waals surface area contributed by atoms with Crippen LogP contribution in [0.1, 0.15) is 73.9 Å². The predicted molar refractivity (Wildman–Crippen MR) is 118 cm³/mol. The number of aromatic nitrogens is 3. The Morgan fingerprint density at radius 3 is 2.57 bits per heavy atom. The Labute approximate surface area is 177 Å². The molecule has 0 radical (unpaired) electrons. The van der Waals surface area contributed by atoms with Crippen molar-refractivity contribution in [1.29, 1.82) is 0 Å². The van der Waals surface area contributed by atoms with Crippen LogP contribution >= 0.6 is 0 Å². The van der Waals surface area contributed by atoms with E-state index in [4.69, 9.17) is 9.84 Å². The van der Waals surface area contributed by atoms with Crippen molar-refractivity contribution in [1.82, 2.24) is 20.1 Å². The second kappa shape index (κ2) is 8.09. The summed E-state index contributed by atoms with van der Waals surface area (Å²) in [5, 5.41) is 8.87. The van der Waals surface area contributed by atoms with Crippen molar-refractivity contribution < 1.29 is 9.53 Å². The smallest absolute Gasteiger partial charge is 0.258 e. The van der Waals surface area contributed by atoms with E-state index in [0.29, 0.717) is 17.7 Å². The molecule has 2 heterocycles. The molecule has 1 aliphatic carbocycles. The molecule has 1 amide bonds. The number of benzene rings is 1. The summed E-state index contributed by atoms with van der Waals surface area (Å²) in [5.41, 5.74) is 5.42. The van der Waals surface area contributed by atoms with E-state index < -0.39 is 0 Å². The van der Waals surface area contributed by atoms with Crippen LogP contribution in [0.25, 0.3) is 11.0 Å². The van der Waals surface area contributed by atoms with E-state index >= 15 is 0 Å². The number of hydrogen-bond donors (Lipinski definition) is 1. The molecule has 6 heteroatoms. The normalized spacial score (nSPS) is 14.9. The number of nitrogens with one attached hydrogen (secondary N) is 1. The number of carbonyl (C=O) groups excluding carboxylic acids is 1. The molecule has 3 aromatic rings. The summed E-state index contributed by atoms with van der Waals surface area (Å²) in [5.74, 6) is 1.16. The molecule has 1 aromatic carbocycles. The first-order valence-electron chi connectivity index (χ1n) is 10.7. The molecule has 4 rings (SSSR count). The maximum Gasteiger partial charge on any atom is 0.258 e. The second-order valence-electron chi connectivity index (χ2n) is 8.67. The average Bonchev–Trinajstić information content (AvgIpc) is 3.50. The molecule has 0 saturated heterocycles. The summed E-state index contributed by atoms with van der Waals surface area (Å²) < 4.78 is 7.63. The quantitative estimate of drug-likeness (QED) is 0.626. The first-order valence-corrected chi connectivity index (χ1v) is 10.7. The minimum absolute atomic E-state index is 0.0699. The molecular formula is C24H30N4O2. The summed E-state index contributed by atoms with van der Waals surface area (Å²) in [4.78, 5) is 17.1. The van der Waals surface area contributed by atoms with Gasteiger partial charge in [-0.3, -0.25) is 9.48 Å². The van der Waals surface area contributed by atoms with Crippen LogP contribution in [0.15, 0.2) is 30.3 Å². The van der Waals surface area contributed by atoms with Crippen LogP contribution in [0.4, 0.5) is 0 Å². The van der Waals surface area contributed by atoms with E-state index in [-0.39, 0.29) is 18.6 Å². The summed E-state index contributed by atoms with van der Waals surface area (Å²) in [6.45, 7) is 8.28. The number of pyridine rings is 1. The standard InChI is InChI=1S/C24H30N4O2/c1-14(2)19-12-21(26-24-22(19)23(18-10-11-18)27-28(24)5)30-13-20(29)25-16(4)17-8-6-15(3)7-9-17/h6-9,12,14,16,18H,10-11,13H2,1-5H3,(H,25,29). The van der Waals surface area contributed by atoms with Crippen molar-refractivity contribution in [2.45, 2.75) is 58.4 Å². The van der Waals surface area contributed by atoms with Gasteiger partial charge in [-0.05, 0) is 43.7 Å². The Hall–Kier alpha value is -2.89. The molecule has 0 bridgehead atoms. The van der Waals surface area contributed by atoms with Gasteiger partial charge in [-0.15, -0.1) is 0 Å². The largest absolute Gasteiger partial charge is 0.468 e. The lowest BCUT2D eigenvalue weighted by Crippen LogP contribution is -2.31. The van der Waals surface area contributed by atoms with Gasteiger partial charge in [-0.25, -0.2) is 0 Å². The maximum atomic E-state index is 12.4. The Kier molecular flexibility index (Phi) is 5.50. The fourth-order valence-corrected chi connectivity index (χ4v) is 3.82. The SMILES string of the molecule is Cc1ccc(C(C)NC(=O)COc2cc(C(C)C)c3c(C4CC4)nn(C)c3n2)cc1. The number of carbonyl (C=O) groups is 1. The predicted octanol–water partition coefficient (Wildman–Crippen LogP) is 4.53. The minimum atomic E-state index is -0.167. The van der Waals surface area contributed by atoms with Crippen LogP contribution in [-0.2, 0) is 11.8 Å². The van der Waals surface area contributed by atoms with E-state index in [1.165, 1.54) is 24.0 Å². The van der Waals surface area contributed by atoms with Gasteiger partial charge >= 0.3 is 0 Å². The molecule has 158 valence electrons. The lowest BCUT2D eigenvalue weighted by Gasteiger charge is -2.15. The van der Waals surface area contributed by atoms with Gasteiger partial charge in [-0.1, -0.05) is 43.7 Å². The highest BCUT2D eigenvalue weighted by molar-refractivity contribution is 5.84. The monoisotopic (exact) mass is 406 g/mol. The number of nitrogens with zero attached hydrogens (tertiary/aromatic N) is 3. The zero-order chi connectivity index (χ0) is 21.4. The van der Waals surface area contributed by atoms with Gasteiger partial charge in [0.15, 0.2) is 12.3 Å². The van der Waals surface area contributed by atoms with Gasteiger partial charge in [-0.2, -0.15) is 10.1 Å². The zero-order valence-electron chi connectivity index (χ0n) is 18.4. The average molecular weight is 407 g/mol. The molecule has 1 unspecified atom stereocenters. The van der Waals surface area contributed by atoms with Crippen molar-refractivity contribution >= 4 is 16.9 Å². The topological polar surface area (TPSA) is 69.0 Å². The zero-order valence-corrected chi connectivity index (χ0v) is 18.4. The first kappa shape index (κ1) is 20.4. The summed E-state index contributed by atoms with van der Waals surface area (Å²) in [6, 6.07) is 10.0. The molecule has 1 aliphatic rings. The highest BCUT2D eigenvalue weighted by atomic mass is 16.5. The third-order valence-corrected chi connectivity index (χ3v) is 5.72. The van der Waals surface area contributed by atoms with E-state index in [9.17, 15) is 4.79 Å². The molecule has 6 nitrogen and oxygen atoms in total. The van der Waals surface area contributed by atoms with Crippen LogP contribution in [-0.4, -0.2) is 27.3 Å². The van der Waals surface area contributed by atoms with Crippen LogP contribution in [0.3, 0.4) is 0 Å². The third-order valence-electron chi connectivity index (χ3n) is 5.72. The van der Waals surface area contributed by atoms with Crippen molar-refractivity contribution in [3.05, 3.63) is 52.7 Å². The summed E-state index contributed by atoms with van der Waals surface area (Å²) >= 11 is 0. The molecule has 1 atom stereocenters. The number of amides is 1. The maximum absolute atomic E-state index is 12.4. The molecule has 1 N–H and O–H groups in total. The van der Waals surface area contributed by atoms with E-state index in [0.717, 1.165) is 22.3 Å². The Morgan fingerprint density at radius 2 is 1.93 bits per heavy atom. The molecule has 1 saturated carbocycles. The highest BCUT2D eigenvalue weighted by Crippen LogP contribution is 2.44. The number of hydrogen-bond acceptors (Lipinski definition) is 4. The first-order chi connectivity index (χ1) is 14.3. The molecule has 0 aliphatic heterocycles. The van der Waals surface area contributed by atoms with E-state index in [1.807, 2.05) is 55.9 Å². The van der Waals surface area contributed by atoms with Gasteiger partial charge in [0.2, 0.25) is 5.88 Å². The summed E-state index contributed by atoms with van der Waals surface area (Å²) in [6.07, 6.45) is 2.39. The fraction of sp³-hybridized carbons (Fsp3) is 0.458. The van der Waals surface area contributed by atoms with Gasteiger partial charge in [0.05, 0.1) is 11.7 Å². The Balaban J connectivity index is 1.49. The van der Waals surface area contributed by atoms with Gasteiger partial charge in [0.25, 0.3) is 5.91 Å². The molecular weight excluding hydrogens is 376 g/mol. The Morgan fingerprint density at radius 1 is 1.23 bits per heavy atom. The lowest BCUT2D eigenvalue weighted by molar-refractivity contribution is -0.123. The Bertz CT molecular complexity index is 1060. The fourth-order valence-electron chi connectivity index (χ4n) is 3.82. The number of ether oxygens (including phenoxy) is 1. The van der Waals surface area contributed by atoms with Crippen LogP contribution in [0.5, 0.6) is 5.88 Å². The van der Waals surface area contributed by atoms with Gasteiger partial charge in [0.1, 0.15) is 0 Å². The summed E-state index contributed by atoms with van der Waals surface area (Å²) in [7, 11) is 1.92. The molecule has 0 spiro atoms. The number of aryl methyl sites for hydroxylation is 2. The molecule has 2 aromatic heterocycles. The van der Waals surface area contributed by atoms with Crippen LogP contribution in [0, 0.1) is 6.92 Å². The number of fused-ring (bicyclic) bond motifs is 1. The van der Waals surface area contributed by atoms with Crippen molar-refractivity contribution in [3.63, 3.8) is 0 Å². The van der Waals surface area contributed by atoms with Gasteiger partial charge < -0.3 is 10.1 Å². The molecule has 30 heavy (non-hydrogen) atoms. The molecule has 1 fully saturated rings. The van der Waals surface area contributed by atoms with Crippen molar-refractivity contribution in [2.24, 2.45) is 7.05 Å². The van der Waals surface area contributed by atoms with E-state index in [1.54, 1.807) is 0 Å². The van der Waals surface area contributed by atoms with Crippen molar-refractivity contribution in [3.8, 4) is 5.88 Å². The van der Waals surface area contributed by atoms with Crippen molar-refractivity contribution in [2.75, 3.05) is 6.61 Å². The second-order valence-corrected chi connectivity index (χ2v) is 8.67. The minimum Gasteiger partial charge on any atom is -0.468 e. The number of rotatable bonds is 7. The van der Waals surface area contributed by atoms with Gasteiger partial charge in [0, 0.05) is 24.4 Å². The van der Waals surface area contributed by atoms with E-state index in [2.05, 4.69) is 24.1 Å². The van der Waals surface area contributed by atoms with Crippen LogP contribution in [0.2, 0.25) is 0 Å². The highest BCUT2D eigenvalue weighted by Gasteiger charge is 2.31.